The van der Waals surface area contributed by atoms with Crippen LogP contribution in [-0.2, 0) is 20.4 Å². The van der Waals surface area contributed by atoms with Crippen molar-refractivity contribution in [1.82, 2.24) is 9.80 Å². The molecule has 2 atom stereocenters. The molecule has 0 spiro atoms. The maximum Gasteiger partial charge on any atom is 0.261 e. The van der Waals surface area contributed by atoms with E-state index >= 15 is 9.59 Å². The number of nitrogens with zero attached hydrogens (tertiary/aromatic N) is 2. The molecule has 4 aromatic heterocycles. The average molecular weight is 1020 g/mol. The smallest absolute Gasteiger partial charge is 0.261 e. The van der Waals surface area contributed by atoms with Gasteiger partial charge in [-0.3, -0.25) is 9.59 Å². The van der Waals surface area contributed by atoms with E-state index in [9.17, 15) is 0 Å². The predicted octanol–water partition coefficient (Wildman–Crippen LogP) is 20.0. The molecule has 6 nitrogen and oxygen atoms in total. The van der Waals surface area contributed by atoms with E-state index in [4.69, 9.17) is 8.83 Å². The van der Waals surface area contributed by atoms with Gasteiger partial charge in [-0.05, 0) is 90.1 Å². The van der Waals surface area contributed by atoms with Crippen LogP contribution >= 0.6 is 22.7 Å². The number of carbonyl (C=O) groups is 2. The first kappa shape index (κ1) is 55.9. The lowest BCUT2D eigenvalue weighted by Crippen LogP contribution is -2.34. The Balaban J connectivity index is 1.32. The van der Waals surface area contributed by atoms with Gasteiger partial charge in [-0.25, -0.2) is 0 Å². The number of benzene rings is 1. The van der Waals surface area contributed by atoms with Crippen LogP contribution in [0, 0.1) is 11.8 Å². The zero-order chi connectivity index (χ0) is 51.4. The van der Waals surface area contributed by atoms with Crippen LogP contribution in [0.2, 0.25) is 0 Å². The monoisotopic (exact) mass is 1020 g/mol. The summed E-state index contributed by atoms with van der Waals surface area (Å²) >= 11 is 3.67. The van der Waals surface area contributed by atoms with E-state index in [1.807, 2.05) is 33.3 Å². The second kappa shape index (κ2) is 26.1. The molecule has 394 valence electrons. The summed E-state index contributed by atoms with van der Waals surface area (Å²) in [6.07, 6.45) is 28.7. The van der Waals surface area contributed by atoms with Crippen molar-refractivity contribution in [2.45, 2.75) is 234 Å². The van der Waals surface area contributed by atoms with E-state index in [-0.39, 0.29) is 22.6 Å². The van der Waals surface area contributed by atoms with Crippen LogP contribution in [0.3, 0.4) is 0 Å². The fourth-order valence-electron chi connectivity index (χ4n) is 11.1. The molecule has 2 amide bonds. The number of carbonyl (C=O) groups excluding carboxylic acids is 2. The van der Waals surface area contributed by atoms with Crippen molar-refractivity contribution in [2.75, 3.05) is 13.1 Å². The van der Waals surface area contributed by atoms with E-state index in [0.29, 0.717) is 59.0 Å². The minimum Gasteiger partial charge on any atom is -0.459 e. The molecule has 2 aliphatic heterocycles. The average Bonchev–Trinajstić information content (AvgIpc) is 4.21. The van der Waals surface area contributed by atoms with E-state index in [1.165, 1.54) is 128 Å². The molecule has 0 saturated carbocycles. The van der Waals surface area contributed by atoms with Crippen molar-refractivity contribution >= 4 is 66.1 Å². The van der Waals surface area contributed by atoms with Gasteiger partial charge in [-0.15, -0.1) is 22.7 Å². The van der Waals surface area contributed by atoms with E-state index in [2.05, 4.69) is 106 Å². The first-order chi connectivity index (χ1) is 34.7. The highest BCUT2D eigenvalue weighted by Crippen LogP contribution is 2.50. The third kappa shape index (κ3) is 13.7. The molecule has 0 bridgehead atoms. The van der Waals surface area contributed by atoms with Crippen molar-refractivity contribution in [3.05, 3.63) is 81.8 Å². The molecule has 0 aliphatic carbocycles. The summed E-state index contributed by atoms with van der Waals surface area (Å²) in [4.78, 5) is 38.0. The van der Waals surface area contributed by atoms with Crippen LogP contribution in [0.25, 0.3) is 42.2 Å². The number of rotatable bonds is 31. The highest BCUT2D eigenvalue weighted by atomic mass is 32.1. The number of furan rings is 2. The van der Waals surface area contributed by atoms with Gasteiger partial charge in [0.1, 0.15) is 22.9 Å². The van der Waals surface area contributed by atoms with Crippen LogP contribution in [0.4, 0.5) is 0 Å². The van der Waals surface area contributed by atoms with Crippen molar-refractivity contribution in [3.8, 4) is 10.6 Å². The van der Waals surface area contributed by atoms with Gasteiger partial charge < -0.3 is 18.6 Å². The largest absolute Gasteiger partial charge is 0.459 e. The molecule has 0 fully saturated rings. The van der Waals surface area contributed by atoms with Crippen molar-refractivity contribution in [3.63, 3.8) is 0 Å². The van der Waals surface area contributed by atoms with Crippen molar-refractivity contribution in [1.29, 1.82) is 0 Å². The van der Waals surface area contributed by atoms with Crippen LogP contribution in [0.5, 0.6) is 0 Å². The molecule has 6 heterocycles. The van der Waals surface area contributed by atoms with Crippen molar-refractivity contribution in [2.24, 2.45) is 11.8 Å². The second-order valence-corrected chi connectivity index (χ2v) is 25.9. The zero-order valence-electron chi connectivity index (χ0n) is 46.5. The Hall–Kier alpha value is -3.88. The van der Waals surface area contributed by atoms with Gasteiger partial charge in [-0.1, -0.05) is 210 Å². The van der Waals surface area contributed by atoms with E-state index in [0.717, 1.165) is 67.8 Å². The molecule has 2 unspecified atom stereocenters. The Kier molecular flexibility index (Phi) is 20.2. The number of thiophene rings is 2. The molecule has 72 heavy (non-hydrogen) atoms. The van der Waals surface area contributed by atoms with Gasteiger partial charge in [-0.2, -0.15) is 0 Å². The molecule has 8 heteroatoms. The summed E-state index contributed by atoms with van der Waals surface area (Å²) in [5.41, 5.74) is 2.11. The van der Waals surface area contributed by atoms with Crippen LogP contribution in [-0.4, -0.2) is 34.7 Å². The van der Waals surface area contributed by atoms with E-state index < -0.39 is 0 Å². The Labute approximate surface area is 443 Å². The fourth-order valence-corrected chi connectivity index (χ4v) is 13.6. The van der Waals surface area contributed by atoms with Gasteiger partial charge in [0, 0.05) is 23.4 Å². The van der Waals surface area contributed by atoms with E-state index in [1.54, 1.807) is 11.3 Å². The van der Waals surface area contributed by atoms with Gasteiger partial charge in [0.2, 0.25) is 0 Å². The molecule has 1 aromatic carbocycles. The third-order valence-corrected chi connectivity index (χ3v) is 18.4. The molecule has 0 saturated heterocycles. The molecular formula is C64H92N2O4S2. The van der Waals surface area contributed by atoms with Crippen LogP contribution < -0.4 is 0 Å². The lowest BCUT2D eigenvalue weighted by atomic mass is 9.93. The zero-order valence-corrected chi connectivity index (χ0v) is 48.1. The van der Waals surface area contributed by atoms with Gasteiger partial charge in [0.25, 0.3) is 11.8 Å². The fraction of sp³-hybridized carbons (Fsp3) is 0.625. The number of unbranched alkanes of at least 4 members (excludes halogenated alkanes) is 16. The summed E-state index contributed by atoms with van der Waals surface area (Å²) in [5.74, 6) is 3.27. The summed E-state index contributed by atoms with van der Waals surface area (Å²) in [6, 6.07) is 17.3. The summed E-state index contributed by atoms with van der Waals surface area (Å²) in [6.45, 7) is 23.6. The van der Waals surface area contributed by atoms with Gasteiger partial charge in [0.15, 0.2) is 11.5 Å². The van der Waals surface area contributed by atoms with Crippen molar-refractivity contribution < 1.29 is 18.4 Å². The van der Waals surface area contributed by atoms with Crippen LogP contribution in [0.1, 0.15) is 245 Å². The second-order valence-electron chi connectivity index (χ2n) is 23.8. The van der Waals surface area contributed by atoms with Gasteiger partial charge >= 0.3 is 0 Å². The number of hydrogen-bond donors (Lipinski definition) is 0. The highest BCUT2D eigenvalue weighted by molar-refractivity contribution is 7.29. The maximum absolute atomic E-state index is 15.8. The summed E-state index contributed by atoms with van der Waals surface area (Å²) in [5, 5.41) is 2.49. The SMILES string of the molecule is CCCCCCCCC(CCCCCC)CN1C(=O)C2=C(c3ccc(C(C)(C)C)o3)N(CC(CCCCCC)CCCCCCCC)C(=O)C2=C1c1ccc(-c2cc3ccc4cc(C(C)(C)C)sc4c3s2)o1. The molecule has 2 aliphatic rings. The Morgan fingerprint density at radius 1 is 0.458 bits per heavy atom. The number of amides is 2. The third-order valence-electron chi connectivity index (χ3n) is 15.5. The number of fused-ring (bicyclic) bond motifs is 4. The molecule has 0 N–H and O–H groups in total. The Morgan fingerprint density at radius 3 is 1.32 bits per heavy atom. The Bertz CT molecular complexity index is 2600. The first-order valence-corrected chi connectivity index (χ1v) is 30.6. The quantitative estimate of drug-likeness (QED) is 0.0415. The summed E-state index contributed by atoms with van der Waals surface area (Å²) < 4.78 is 16.4. The highest BCUT2D eigenvalue weighted by Gasteiger charge is 2.51. The predicted molar refractivity (Wildman–Crippen MR) is 309 cm³/mol. The minimum absolute atomic E-state index is 0.0737. The molecular weight excluding hydrogens is 925 g/mol. The topological polar surface area (TPSA) is 66.9 Å². The first-order valence-electron chi connectivity index (χ1n) is 29.0. The maximum atomic E-state index is 15.8. The summed E-state index contributed by atoms with van der Waals surface area (Å²) in [7, 11) is 0. The molecule has 7 rings (SSSR count). The van der Waals surface area contributed by atoms with Gasteiger partial charge in [0.05, 0.1) is 25.4 Å². The van der Waals surface area contributed by atoms with Crippen LogP contribution in [0.15, 0.2) is 68.5 Å². The minimum atomic E-state index is -0.241. The Morgan fingerprint density at radius 2 is 0.861 bits per heavy atom. The normalized spacial score (nSPS) is 15.5. The lowest BCUT2D eigenvalue weighted by Gasteiger charge is -2.29. The molecule has 5 aromatic rings. The lowest BCUT2D eigenvalue weighted by molar-refractivity contribution is -0.124. The standard InChI is InChI=1S/C64H92N2O4S2/c1-11-15-19-23-25-29-33-45(31-27-21-17-13-3)43-65-57(50-38-37-49(69-50)52-41-47-35-36-48-42-54(64(8,9)10)72-60(48)59(47)71-52)55-56(62(65)68)58(51-39-40-53(70-51)63(5,6)7)66(61(55)67)44-46(32-28-22-18-14-4)34-30-26-24-20-16-12-2/h35-42,45-46H,11-34,43-44H2,1-10H3. The molecule has 0 radical (unpaired) electrons. The number of hydrogen-bond acceptors (Lipinski definition) is 6.